The zero-order valence-corrected chi connectivity index (χ0v) is 6.65. The van der Waals surface area contributed by atoms with E-state index < -0.39 is 0 Å². The van der Waals surface area contributed by atoms with Gasteiger partial charge in [-0.2, -0.15) is 0 Å². The monoisotopic (exact) mass is 127 g/mol. The molecule has 0 unspecified atom stereocenters. The number of likely N-dealkylation sites (N-methyl/N-ethyl adjacent to an activating group) is 1. The maximum Gasteiger partial charge on any atom is 0.0134 e. The Labute approximate surface area is 58.2 Å². The van der Waals surface area contributed by atoms with E-state index in [0.29, 0.717) is 5.92 Å². The van der Waals surface area contributed by atoms with E-state index in [1.54, 1.807) is 0 Å². The number of allylic oxidation sites excluding steroid dienone is 1. The minimum absolute atomic E-state index is 0.684. The molecule has 54 valence electrons. The standard InChI is InChI=1S/C8H17N/c1-4-9-7-5-6-8(2)3/h5-6,8-9H,4,7H2,1-3H3. The van der Waals surface area contributed by atoms with Crippen LogP contribution in [0.5, 0.6) is 0 Å². The summed E-state index contributed by atoms with van der Waals surface area (Å²) in [5, 5.41) is 3.22. The lowest BCUT2D eigenvalue weighted by molar-refractivity contribution is 0.780. The predicted octanol–water partition coefficient (Wildman–Crippen LogP) is 1.81. The molecule has 0 aliphatic carbocycles. The second-order valence-electron chi connectivity index (χ2n) is 2.48. The van der Waals surface area contributed by atoms with E-state index in [9.17, 15) is 0 Å². The minimum atomic E-state index is 0.684. The molecule has 0 aliphatic rings. The van der Waals surface area contributed by atoms with E-state index in [1.807, 2.05) is 0 Å². The van der Waals surface area contributed by atoms with E-state index in [1.165, 1.54) is 0 Å². The van der Waals surface area contributed by atoms with Gasteiger partial charge in [0.15, 0.2) is 0 Å². The molecule has 1 N–H and O–H groups in total. The van der Waals surface area contributed by atoms with Crippen LogP contribution in [0.3, 0.4) is 0 Å². The third-order valence-electron chi connectivity index (χ3n) is 1.03. The Balaban J connectivity index is 3.04. The van der Waals surface area contributed by atoms with Gasteiger partial charge in [0.1, 0.15) is 0 Å². The molecule has 0 radical (unpaired) electrons. The first-order chi connectivity index (χ1) is 4.27. The molecule has 0 atom stereocenters. The van der Waals surface area contributed by atoms with Crippen LogP contribution >= 0.6 is 0 Å². The molecule has 0 bridgehead atoms. The van der Waals surface area contributed by atoms with Gasteiger partial charge in [-0.05, 0) is 12.5 Å². The van der Waals surface area contributed by atoms with Gasteiger partial charge in [-0.1, -0.05) is 32.9 Å². The zero-order chi connectivity index (χ0) is 7.11. The fourth-order valence-corrected chi connectivity index (χ4v) is 0.568. The third kappa shape index (κ3) is 7.70. The van der Waals surface area contributed by atoms with Gasteiger partial charge in [-0.3, -0.25) is 0 Å². The smallest absolute Gasteiger partial charge is 0.0134 e. The molecule has 0 saturated carbocycles. The van der Waals surface area contributed by atoms with Crippen molar-refractivity contribution in [1.82, 2.24) is 5.32 Å². The van der Waals surface area contributed by atoms with Crippen LogP contribution in [0.25, 0.3) is 0 Å². The molecular weight excluding hydrogens is 110 g/mol. The van der Waals surface area contributed by atoms with Gasteiger partial charge in [0.25, 0.3) is 0 Å². The molecule has 0 aromatic heterocycles. The highest BCUT2D eigenvalue weighted by molar-refractivity contribution is 4.85. The molecule has 0 heterocycles. The molecule has 0 fully saturated rings. The summed E-state index contributed by atoms with van der Waals surface area (Å²) in [6.07, 6.45) is 4.39. The van der Waals surface area contributed by atoms with Crippen molar-refractivity contribution >= 4 is 0 Å². The summed E-state index contributed by atoms with van der Waals surface area (Å²) in [6, 6.07) is 0. The van der Waals surface area contributed by atoms with E-state index in [0.717, 1.165) is 13.1 Å². The van der Waals surface area contributed by atoms with Gasteiger partial charge in [-0.15, -0.1) is 0 Å². The molecule has 0 rings (SSSR count). The fraction of sp³-hybridized carbons (Fsp3) is 0.750. The maximum absolute atomic E-state index is 3.22. The van der Waals surface area contributed by atoms with Crippen molar-refractivity contribution in [3.8, 4) is 0 Å². The van der Waals surface area contributed by atoms with Gasteiger partial charge in [0.2, 0.25) is 0 Å². The van der Waals surface area contributed by atoms with Gasteiger partial charge in [-0.25, -0.2) is 0 Å². The van der Waals surface area contributed by atoms with Crippen LogP contribution in [-0.2, 0) is 0 Å². The summed E-state index contributed by atoms with van der Waals surface area (Å²) >= 11 is 0. The summed E-state index contributed by atoms with van der Waals surface area (Å²) in [5.41, 5.74) is 0. The second-order valence-corrected chi connectivity index (χ2v) is 2.48. The normalized spacial score (nSPS) is 11.6. The van der Waals surface area contributed by atoms with Crippen molar-refractivity contribution in [2.24, 2.45) is 5.92 Å². The maximum atomic E-state index is 3.22. The highest BCUT2D eigenvalue weighted by Gasteiger charge is 1.80. The highest BCUT2D eigenvalue weighted by atomic mass is 14.8. The molecule has 0 spiro atoms. The van der Waals surface area contributed by atoms with Crippen LogP contribution in [0, 0.1) is 5.92 Å². The van der Waals surface area contributed by atoms with E-state index in [-0.39, 0.29) is 0 Å². The summed E-state index contributed by atoms with van der Waals surface area (Å²) in [6.45, 7) is 8.55. The second kappa shape index (κ2) is 5.83. The summed E-state index contributed by atoms with van der Waals surface area (Å²) in [7, 11) is 0. The predicted molar refractivity (Wildman–Crippen MR) is 42.5 cm³/mol. The van der Waals surface area contributed by atoms with Crippen LogP contribution in [-0.4, -0.2) is 13.1 Å². The Morgan fingerprint density at radius 1 is 1.44 bits per heavy atom. The first-order valence-corrected chi connectivity index (χ1v) is 3.64. The Hall–Kier alpha value is -0.300. The lowest BCUT2D eigenvalue weighted by Gasteiger charge is -1.94. The topological polar surface area (TPSA) is 12.0 Å². The van der Waals surface area contributed by atoms with Gasteiger partial charge < -0.3 is 5.32 Å². The van der Waals surface area contributed by atoms with Crippen molar-refractivity contribution in [3.05, 3.63) is 12.2 Å². The van der Waals surface area contributed by atoms with E-state index >= 15 is 0 Å². The Kier molecular flexibility index (Phi) is 5.64. The van der Waals surface area contributed by atoms with Crippen LogP contribution < -0.4 is 5.32 Å². The Bertz CT molecular complexity index is 74.6. The molecule has 0 amide bonds. The van der Waals surface area contributed by atoms with Gasteiger partial charge in [0.05, 0.1) is 0 Å². The van der Waals surface area contributed by atoms with Crippen LogP contribution in [0.1, 0.15) is 20.8 Å². The van der Waals surface area contributed by atoms with Crippen molar-refractivity contribution < 1.29 is 0 Å². The Morgan fingerprint density at radius 2 is 2.11 bits per heavy atom. The van der Waals surface area contributed by atoms with Gasteiger partial charge in [0, 0.05) is 6.54 Å². The number of nitrogens with one attached hydrogen (secondary N) is 1. The molecule has 1 nitrogen and oxygen atoms in total. The summed E-state index contributed by atoms with van der Waals surface area (Å²) < 4.78 is 0. The fourth-order valence-electron chi connectivity index (χ4n) is 0.568. The quantitative estimate of drug-likeness (QED) is 0.448. The Morgan fingerprint density at radius 3 is 2.56 bits per heavy atom. The third-order valence-corrected chi connectivity index (χ3v) is 1.03. The molecule has 9 heavy (non-hydrogen) atoms. The first kappa shape index (κ1) is 8.70. The molecule has 0 saturated heterocycles. The number of hydrogen-bond acceptors (Lipinski definition) is 1. The van der Waals surface area contributed by atoms with Crippen molar-refractivity contribution in [2.45, 2.75) is 20.8 Å². The zero-order valence-electron chi connectivity index (χ0n) is 6.65. The summed E-state index contributed by atoms with van der Waals surface area (Å²) in [4.78, 5) is 0. The van der Waals surface area contributed by atoms with Crippen LogP contribution in [0.15, 0.2) is 12.2 Å². The van der Waals surface area contributed by atoms with Crippen molar-refractivity contribution in [2.75, 3.05) is 13.1 Å². The number of hydrogen-bond donors (Lipinski definition) is 1. The van der Waals surface area contributed by atoms with Gasteiger partial charge >= 0.3 is 0 Å². The lowest BCUT2D eigenvalue weighted by Crippen LogP contribution is -2.11. The lowest BCUT2D eigenvalue weighted by atomic mass is 10.2. The average molecular weight is 127 g/mol. The van der Waals surface area contributed by atoms with Crippen LogP contribution in [0.4, 0.5) is 0 Å². The average Bonchev–Trinajstić information content (AvgIpc) is 1.80. The SMILES string of the molecule is CCNCC=CC(C)C. The molecule has 0 aliphatic heterocycles. The minimum Gasteiger partial charge on any atom is -0.314 e. The molecular formula is C8H17N. The largest absolute Gasteiger partial charge is 0.314 e. The van der Waals surface area contributed by atoms with E-state index in [4.69, 9.17) is 0 Å². The summed E-state index contributed by atoms with van der Waals surface area (Å²) in [5.74, 6) is 0.684. The van der Waals surface area contributed by atoms with Crippen molar-refractivity contribution in [3.63, 3.8) is 0 Å². The van der Waals surface area contributed by atoms with E-state index in [2.05, 4.69) is 38.2 Å². The highest BCUT2D eigenvalue weighted by Crippen LogP contribution is 1.91. The molecule has 0 aromatic carbocycles. The first-order valence-electron chi connectivity index (χ1n) is 3.64. The van der Waals surface area contributed by atoms with Crippen LogP contribution in [0.2, 0.25) is 0 Å². The molecule has 0 aromatic rings. The molecule has 1 heteroatoms. The van der Waals surface area contributed by atoms with Crippen molar-refractivity contribution in [1.29, 1.82) is 0 Å². The number of rotatable bonds is 4.